The maximum Gasteiger partial charge on any atom is 0.253 e. The highest BCUT2D eigenvalue weighted by Crippen LogP contribution is 2.28. The van der Waals surface area contributed by atoms with Crippen molar-refractivity contribution in [2.24, 2.45) is 5.92 Å². The van der Waals surface area contributed by atoms with E-state index in [1.165, 1.54) is 25.0 Å². The molecule has 1 aromatic carbocycles. The van der Waals surface area contributed by atoms with E-state index in [1.807, 2.05) is 0 Å². The maximum atomic E-state index is 13.5. The number of para-hydroxylation sites is 1. The van der Waals surface area contributed by atoms with Gasteiger partial charge < -0.3 is 15.4 Å². The molecule has 5 heteroatoms. The van der Waals surface area contributed by atoms with Crippen molar-refractivity contribution in [3.05, 3.63) is 29.6 Å². The van der Waals surface area contributed by atoms with E-state index in [9.17, 15) is 9.18 Å². The van der Waals surface area contributed by atoms with Crippen molar-refractivity contribution in [1.29, 1.82) is 0 Å². The zero-order valence-electron chi connectivity index (χ0n) is 11.7. The lowest BCUT2D eigenvalue weighted by Gasteiger charge is -2.10. The van der Waals surface area contributed by atoms with E-state index >= 15 is 0 Å². The molecule has 1 aromatic rings. The number of rotatable bonds is 8. The molecule has 4 nitrogen and oxygen atoms in total. The zero-order chi connectivity index (χ0) is 14.4. The van der Waals surface area contributed by atoms with Crippen LogP contribution in [0.2, 0.25) is 0 Å². The maximum absolute atomic E-state index is 13.5. The lowest BCUT2D eigenvalue weighted by atomic mass is 10.1. The monoisotopic (exact) mass is 280 g/mol. The Labute approximate surface area is 118 Å². The van der Waals surface area contributed by atoms with Crippen LogP contribution in [-0.4, -0.2) is 32.7 Å². The van der Waals surface area contributed by atoms with E-state index in [-0.39, 0.29) is 11.6 Å². The van der Waals surface area contributed by atoms with Crippen molar-refractivity contribution >= 4 is 11.6 Å². The molecule has 1 amide bonds. The summed E-state index contributed by atoms with van der Waals surface area (Å²) < 4.78 is 19.0. The first-order valence-electron chi connectivity index (χ1n) is 7.04. The van der Waals surface area contributed by atoms with Crippen molar-refractivity contribution in [2.45, 2.75) is 19.3 Å². The van der Waals surface area contributed by atoms with Crippen LogP contribution in [0.15, 0.2) is 18.2 Å². The van der Waals surface area contributed by atoms with Crippen LogP contribution in [0.1, 0.15) is 29.6 Å². The fourth-order valence-corrected chi connectivity index (χ4v) is 1.97. The van der Waals surface area contributed by atoms with Gasteiger partial charge in [0.1, 0.15) is 5.82 Å². The molecule has 1 aliphatic rings. The standard InChI is InChI=1S/C15H21FN2O2/c1-17-14-12(4-2-5-13(14)16)15(19)18-8-3-9-20-10-11-6-7-11/h2,4-5,11,17H,3,6-10H2,1H3,(H,18,19). The molecule has 0 atom stereocenters. The predicted molar refractivity (Wildman–Crippen MR) is 76.4 cm³/mol. The van der Waals surface area contributed by atoms with Crippen LogP contribution in [0.3, 0.4) is 0 Å². The van der Waals surface area contributed by atoms with Crippen molar-refractivity contribution in [2.75, 3.05) is 32.1 Å². The number of carbonyl (C=O) groups excluding carboxylic acids is 1. The normalized spacial score (nSPS) is 14.1. The first-order chi connectivity index (χ1) is 9.72. The third-order valence-corrected chi connectivity index (χ3v) is 3.31. The molecule has 0 aliphatic heterocycles. The van der Waals surface area contributed by atoms with Crippen molar-refractivity contribution in [3.63, 3.8) is 0 Å². The van der Waals surface area contributed by atoms with Gasteiger partial charge in [0.05, 0.1) is 11.3 Å². The molecule has 0 radical (unpaired) electrons. The number of ether oxygens (including phenoxy) is 1. The van der Waals surface area contributed by atoms with Gasteiger partial charge in [0.2, 0.25) is 0 Å². The minimum atomic E-state index is -0.423. The molecule has 0 spiro atoms. The van der Waals surface area contributed by atoms with Gasteiger partial charge in [-0.25, -0.2) is 4.39 Å². The molecule has 0 bridgehead atoms. The second-order valence-electron chi connectivity index (χ2n) is 5.04. The van der Waals surface area contributed by atoms with Gasteiger partial charge in [0.15, 0.2) is 0 Å². The van der Waals surface area contributed by atoms with Gasteiger partial charge in [-0.05, 0) is 37.3 Å². The summed E-state index contributed by atoms with van der Waals surface area (Å²) in [5.74, 6) is 0.0685. The number of hydrogen-bond acceptors (Lipinski definition) is 3. The highest BCUT2D eigenvalue weighted by Gasteiger charge is 2.20. The van der Waals surface area contributed by atoms with Gasteiger partial charge in [-0.3, -0.25) is 4.79 Å². The van der Waals surface area contributed by atoms with Crippen molar-refractivity contribution in [1.82, 2.24) is 5.32 Å². The molecular weight excluding hydrogens is 259 g/mol. The average Bonchev–Trinajstić information content (AvgIpc) is 3.26. The topological polar surface area (TPSA) is 50.4 Å². The Hall–Kier alpha value is -1.62. The summed E-state index contributed by atoms with van der Waals surface area (Å²) >= 11 is 0. The first-order valence-corrected chi connectivity index (χ1v) is 7.04. The van der Waals surface area contributed by atoms with Gasteiger partial charge in [-0.15, -0.1) is 0 Å². The summed E-state index contributed by atoms with van der Waals surface area (Å²) in [4.78, 5) is 12.0. The third-order valence-electron chi connectivity index (χ3n) is 3.31. The number of nitrogens with one attached hydrogen (secondary N) is 2. The minimum absolute atomic E-state index is 0.231. The van der Waals surface area contributed by atoms with Gasteiger partial charge >= 0.3 is 0 Å². The molecule has 2 rings (SSSR count). The van der Waals surface area contributed by atoms with E-state index in [2.05, 4.69) is 10.6 Å². The Bertz CT molecular complexity index is 461. The molecule has 1 aliphatic carbocycles. The number of carbonyl (C=O) groups is 1. The van der Waals surface area contributed by atoms with Crippen LogP contribution in [0.4, 0.5) is 10.1 Å². The molecule has 0 aromatic heterocycles. The number of amides is 1. The highest BCUT2D eigenvalue weighted by molar-refractivity contribution is 5.99. The predicted octanol–water partition coefficient (Wildman–Crippen LogP) is 2.41. The highest BCUT2D eigenvalue weighted by atomic mass is 19.1. The largest absolute Gasteiger partial charge is 0.385 e. The summed E-state index contributed by atoms with van der Waals surface area (Å²) in [5, 5.41) is 5.49. The van der Waals surface area contributed by atoms with E-state index in [4.69, 9.17) is 4.74 Å². The zero-order valence-corrected chi connectivity index (χ0v) is 11.7. The molecule has 0 unspecified atom stereocenters. The van der Waals surface area contributed by atoms with E-state index in [0.29, 0.717) is 18.7 Å². The summed E-state index contributed by atoms with van der Waals surface area (Å²) in [6.45, 7) is 2.02. The summed E-state index contributed by atoms with van der Waals surface area (Å²) in [5.41, 5.74) is 0.557. The molecule has 1 fully saturated rings. The van der Waals surface area contributed by atoms with Gasteiger partial charge in [0, 0.05) is 26.8 Å². The second kappa shape index (κ2) is 7.24. The molecule has 110 valence electrons. The van der Waals surface area contributed by atoms with Crippen LogP contribution in [-0.2, 0) is 4.74 Å². The quantitative estimate of drug-likeness (QED) is 0.719. The van der Waals surface area contributed by atoms with Gasteiger partial charge in [-0.1, -0.05) is 6.07 Å². The van der Waals surface area contributed by atoms with Crippen LogP contribution >= 0.6 is 0 Å². The molecule has 20 heavy (non-hydrogen) atoms. The third kappa shape index (κ3) is 4.20. The Morgan fingerprint density at radius 3 is 2.95 bits per heavy atom. The molecule has 2 N–H and O–H groups in total. The Balaban J connectivity index is 1.72. The van der Waals surface area contributed by atoms with Crippen molar-refractivity contribution < 1.29 is 13.9 Å². The van der Waals surface area contributed by atoms with Gasteiger partial charge in [0.25, 0.3) is 5.91 Å². The fraction of sp³-hybridized carbons (Fsp3) is 0.533. The number of halogens is 1. The van der Waals surface area contributed by atoms with Crippen LogP contribution in [0, 0.1) is 11.7 Å². The SMILES string of the molecule is CNc1c(F)cccc1C(=O)NCCCOCC1CC1. The minimum Gasteiger partial charge on any atom is -0.385 e. The molecule has 1 saturated carbocycles. The van der Waals surface area contributed by atoms with E-state index in [0.717, 1.165) is 18.9 Å². The average molecular weight is 280 g/mol. The second-order valence-corrected chi connectivity index (χ2v) is 5.04. The number of hydrogen-bond donors (Lipinski definition) is 2. The number of benzene rings is 1. The van der Waals surface area contributed by atoms with E-state index < -0.39 is 5.82 Å². The van der Waals surface area contributed by atoms with Crippen LogP contribution in [0.5, 0.6) is 0 Å². The summed E-state index contributed by atoms with van der Waals surface area (Å²) in [7, 11) is 1.60. The smallest absolute Gasteiger partial charge is 0.253 e. The lowest BCUT2D eigenvalue weighted by molar-refractivity contribution is 0.0938. The van der Waals surface area contributed by atoms with Gasteiger partial charge in [-0.2, -0.15) is 0 Å². The van der Waals surface area contributed by atoms with E-state index in [1.54, 1.807) is 13.1 Å². The van der Waals surface area contributed by atoms with Crippen LogP contribution < -0.4 is 10.6 Å². The van der Waals surface area contributed by atoms with Crippen LogP contribution in [0.25, 0.3) is 0 Å². The Morgan fingerprint density at radius 2 is 2.25 bits per heavy atom. The summed E-state index contributed by atoms with van der Waals surface area (Å²) in [6.07, 6.45) is 3.33. The molecular formula is C15H21FN2O2. The first kappa shape index (κ1) is 14.8. The number of anilines is 1. The Morgan fingerprint density at radius 1 is 1.45 bits per heavy atom. The summed E-state index contributed by atoms with van der Waals surface area (Å²) in [6, 6.07) is 4.46. The molecule has 0 heterocycles. The molecule has 0 saturated heterocycles. The Kier molecular flexibility index (Phi) is 5.35. The fourth-order valence-electron chi connectivity index (χ4n) is 1.97. The lowest BCUT2D eigenvalue weighted by Crippen LogP contribution is -2.26. The van der Waals surface area contributed by atoms with Crippen molar-refractivity contribution in [3.8, 4) is 0 Å².